The van der Waals surface area contributed by atoms with Crippen LogP contribution in [0.1, 0.15) is 32.6 Å². The molecule has 0 saturated carbocycles. The lowest BCUT2D eigenvalue weighted by molar-refractivity contribution is 0.139. The maximum atomic E-state index is 5.86. The molecule has 33 heavy (non-hydrogen) atoms. The summed E-state index contributed by atoms with van der Waals surface area (Å²) in [6.07, 6.45) is 24.6. The number of nitrogens with zero attached hydrogens (tertiary/aromatic N) is 2. The first kappa shape index (κ1) is 24.7. The van der Waals surface area contributed by atoms with Crippen LogP contribution in [0.15, 0.2) is 100 Å². The molecule has 5 heteroatoms. The molecule has 1 heterocycles. The summed E-state index contributed by atoms with van der Waals surface area (Å²) in [5.41, 5.74) is 9.45. The molecule has 1 unspecified atom stereocenters. The van der Waals surface area contributed by atoms with Gasteiger partial charge in [0.25, 0.3) is 0 Å². The van der Waals surface area contributed by atoms with Gasteiger partial charge in [0.2, 0.25) is 0 Å². The van der Waals surface area contributed by atoms with Crippen LogP contribution in [0, 0.1) is 0 Å². The van der Waals surface area contributed by atoms with Crippen LogP contribution in [0.2, 0.25) is 0 Å². The topological polar surface area (TPSA) is 46.1 Å². The van der Waals surface area contributed by atoms with E-state index in [4.69, 9.17) is 9.47 Å². The predicted molar refractivity (Wildman–Crippen MR) is 138 cm³/mol. The van der Waals surface area contributed by atoms with Crippen molar-refractivity contribution in [1.82, 2.24) is 10.4 Å². The van der Waals surface area contributed by atoms with E-state index in [-0.39, 0.29) is 0 Å². The zero-order valence-corrected chi connectivity index (χ0v) is 20.2. The molecule has 0 aromatic carbocycles. The first-order valence-corrected chi connectivity index (χ1v) is 11.7. The van der Waals surface area contributed by atoms with E-state index in [9.17, 15) is 0 Å². The van der Waals surface area contributed by atoms with Crippen LogP contribution in [0.3, 0.4) is 0 Å². The lowest BCUT2D eigenvalue weighted by Gasteiger charge is -2.17. The molecule has 1 atom stereocenters. The minimum absolute atomic E-state index is 0.382. The van der Waals surface area contributed by atoms with Crippen molar-refractivity contribution in [2.24, 2.45) is 4.99 Å². The summed E-state index contributed by atoms with van der Waals surface area (Å²) in [5, 5.41) is 2.14. The number of hydrogen-bond donors (Lipinski definition) is 1. The molecule has 3 rings (SSSR count). The van der Waals surface area contributed by atoms with E-state index in [1.807, 2.05) is 18.4 Å². The Bertz CT molecular complexity index is 944. The Hall–Kier alpha value is -2.89. The molecule has 0 spiro atoms. The highest BCUT2D eigenvalue weighted by Crippen LogP contribution is 2.28. The minimum atomic E-state index is 0.382. The van der Waals surface area contributed by atoms with Crippen molar-refractivity contribution < 1.29 is 9.47 Å². The molecule has 0 aromatic heterocycles. The number of hydrazine groups is 1. The van der Waals surface area contributed by atoms with Crippen LogP contribution in [-0.2, 0) is 9.47 Å². The molecular weight excluding hydrogens is 410 g/mol. The molecule has 0 fully saturated rings. The average molecular weight is 448 g/mol. The average Bonchev–Trinajstić information content (AvgIpc) is 3.04. The molecule has 0 saturated heterocycles. The molecular formula is C28H37N3O2. The van der Waals surface area contributed by atoms with E-state index >= 15 is 0 Å². The fraction of sp³-hybridized carbons (Fsp3) is 0.393. The van der Waals surface area contributed by atoms with E-state index in [1.54, 1.807) is 7.05 Å². The molecule has 3 aliphatic rings. The largest absolute Gasteiger partial charge is 0.494 e. The Morgan fingerprint density at radius 1 is 1.21 bits per heavy atom. The van der Waals surface area contributed by atoms with Crippen molar-refractivity contribution in [3.8, 4) is 0 Å². The number of unbranched alkanes of at least 4 members (excludes halogenated alkanes) is 1. The Morgan fingerprint density at radius 3 is 2.91 bits per heavy atom. The molecule has 0 amide bonds. The minimum Gasteiger partial charge on any atom is -0.494 e. The van der Waals surface area contributed by atoms with Crippen molar-refractivity contribution >= 4 is 6.21 Å². The molecule has 1 N–H and O–H groups in total. The second kappa shape index (κ2) is 13.0. The van der Waals surface area contributed by atoms with Crippen molar-refractivity contribution in [3.63, 3.8) is 0 Å². The van der Waals surface area contributed by atoms with Crippen LogP contribution in [0.5, 0.6) is 0 Å². The highest BCUT2D eigenvalue weighted by atomic mass is 16.5. The van der Waals surface area contributed by atoms with Gasteiger partial charge in [-0.05, 0) is 61.5 Å². The Balaban J connectivity index is 1.42. The van der Waals surface area contributed by atoms with Gasteiger partial charge in [0.15, 0.2) is 0 Å². The van der Waals surface area contributed by atoms with E-state index in [0.717, 1.165) is 43.4 Å². The quantitative estimate of drug-likeness (QED) is 0.200. The standard InChI is InChI=1S/C28H37N3O2/c1-22(33-18-10-9-17-32-21-24-11-7-5-6-8-12-24)19-26(20-29-3)25-13-15-27-23(2)31(4)30-28(27)16-14-25/h5-8,11,13-14,16,19-20,23,30H,1,9-10,12,15,17-18,21H2,2-4H3/b26-19+,29-20?. The summed E-state index contributed by atoms with van der Waals surface area (Å²) in [7, 11) is 3.86. The van der Waals surface area contributed by atoms with Gasteiger partial charge in [0, 0.05) is 38.5 Å². The van der Waals surface area contributed by atoms with Crippen LogP contribution in [0.4, 0.5) is 0 Å². The fourth-order valence-electron chi connectivity index (χ4n) is 3.91. The van der Waals surface area contributed by atoms with E-state index in [2.05, 4.69) is 78.5 Å². The van der Waals surface area contributed by atoms with Gasteiger partial charge in [-0.2, -0.15) is 0 Å². The molecule has 0 radical (unpaired) electrons. The van der Waals surface area contributed by atoms with Crippen molar-refractivity contribution in [2.75, 3.05) is 33.9 Å². The third kappa shape index (κ3) is 7.58. The second-order valence-corrected chi connectivity index (χ2v) is 8.44. The van der Waals surface area contributed by atoms with Crippen LogP contribution >= 0.6 is 0 Å². The highest BCUT2D eigenvalue weighted by molar-refractivity contribution is 5.86. The Morgan fingerprint density at radius 2 is 2.06 bits per heavy atom. The smallest absolute Gasteiger partial charge is 0.112 e. The number of hydrogen-bond acceptors (Lipinski definition) is 5. The highest BCUT2D eigenvalue weighted by Gasteiger charge is 2.25. The third-order valence-electron chi connectivity index (χ3n) is 5.95. The Labute approximate surface area is 198 Å². The van der Waals surface area contributed by atoms with Gasteiger partial charge in [-0.3, -0.25) is 4.99 Å². The number of aliphatic imine (C=N–C) groups is 1. The monoisotopic (exact) mass is 447 g/mol. The predicted octanol–water partition coefficient (Wildman–Crippen LogP) is 5.36. The molecule has 0 bridgehead atoms. The van der Waals surface area contributed by atoms with Gasteiger partial charge in [0.1, 0.15) is 5.76 Å². The third-order valence-corrected chi connectivity index (χ3v) is 5.95. The van der Waals surface area contributed by atoms with Gasteiger partial charge in [-0.1, -0.05) is 49.1 Å². The first-order chi connectivity index (χ1) is 16.1. The zero-order chi connectivity index (χ0) is 23.5. The van der Waals surface area contributed by atoms with Gasteiger partial charge in [-0.15, -0.1) is 0 Å². The number of nitrogens with one attached hydrogen (secondary N) is 1. The van der Waals surface area contributed by atoms with Crippen molar-refractivity contribution in [1.29, 1.82) is 0 Å². The van der Waals surface area contributed by atoms with Gasteiger partial charge in [0.05, 0.1) is 18.9 Å². The van der Waals surface area contributed by atoms with Crippen LogP contribution in [-0.4, -0.2) is 51.2 Å². The maximum Gasteiger partial charge on any atom is 0.112 e. The van der Waals surface area contributed by atoms with E-state index in [1.165, 1.54) is 16.8 Å². The number of allylic oxidation sites excluding steroid dienone is 11. The van der Waals surface area contributed by atoms with Crippen LogP contribution in [0.25, 0.3) is 0 Å². The summed E-state index contributed by atoms with van der Waals surface area (Å²) in [6, 6.07) is 0.382. The van der Waals surface area contributed by atoms with Crippen molar-refractivity contribution in [3.05, 3.63) is 95.0 Å². The molecule has 0 aromatic rings. The number of ether oxygens (including phenoxy) is 2. The van der Waals surface area contributed by atoms with Crippen LogP contribution < -0.4 is 5.43 Å². The fourth-order valence-corrected chi connectivity index (χ4v) is 3.91. The molecule has 1 aliphatic heterocycles. The summed E-state index contributed by atoms with van der Waals surface area (Å²) in [6.45, 7) is 8.36. The number of rotatable bonds is 11. The second-order valence-electron chi connectivity index (χ2n) is 8.44. The molecule has 2 aliphatic carbocycles. The van der Waals surface area contributed by atoms with Gasteiger partial charge >= 0.3 is 0 Å². The number of likely N-dealkylation sites (N-methyl/N-ethyl adjacent to an activating group) is 1. The summed E-state index contributed by atoms with van der Waals surface area (Å²) in [5.74, 6) is 0.651. The van der Waals surface area contributed by atoms with Gasteiger partial charge < -0.3 is 14.9 Å². The summed E-state index contributed by atoms with van der Waals surface area (Å²) in [4.78, 5) is 4.24. The van der Waals surface area contributed by atoms with E-state index in [0.29, 0.717) is 25.0 Å². The van der Waals surface area contributed by atoms with E-state index < -0.39 is 0 Å². The lowest BCUT2D eigenvalue weighted by atomic mass is 10.0. The maximum absolute atomic E-state index is 5.86. The lowest BCUT2D eigenvalue weighted by Crippen LogP contribution is -2.33. The van der Waals surface area contributed by atoms with Gasteiger partial charge in [-0.25, -0.2) is 5.01 Å². The first-order valence-electron chi connectivity index (χ1n) is 11.7. The normalized spacial score (nSPS) is 20.9. The van der Waals surface area contributed by atoms with Crippen molar-refractivity contribution in [2.45, 2.75) is 38.6 Å². The summed E-state index contributed by atoms with van der Waals surface area (Å²) < 4.78 is 11.7. The Kier molecular flexibility index (Phi) is 9.73. The zero-order valence-electron chi connectivity index (χ0n) is 20.2. The molecule has 5 nitrogen and oxygen atoms in total. The summed E-state index contributed by atoms with van der Waals surface area (Å²) >= 11 is 0. The molecule has 176 valence electrons. The SMILES string of the molecule is C=C(/C=C(\C=NC)C1=CCC2=C(C=C1)NN(C)C2C)OCCCCOCC1=CC=CC=CC1.